The van der Waals surface area contributed by atoms with Gasteiger partial charge in [0.1, 0.15) is 5.82 Å². The first-order valence-corrected chi connectivity index (χ1v) is 5.80. The van der Waals surface area contributed by atoms with E-state index in [2.05, 4.69) is 6.92 Å². The van der Waals surface area contributed by atoms with Crippen LogP contribution in [-0.4, -0.2) is 24.7 Å². The fourth-order valence-corrected chi connectivity index (χ4v) is 1.79. The molecule has 0 unspecified atom stereocenters. The Morgan fingerprint density at radius 1 is 1.41 bits per heavy atom. The predicted molar refractivity (Wildman–Crippen MR) is 66.2 cm³/mol. The molecule has 0 spiro atoms. The summed E-state index contributed by atoms with van der Waals surface area (Å²) in [4.78, 5) is 12.7. The van der Waals surface area contributed by atoms with Crippen LogP contribution in [-0.2, 0) is 0 Å². The zero-order valence-corrected chi connectivity index (χ0v) is 10.2. The lowest BCUT2D eigenvalue weighted by molar-refractivity contribution is 0.0697. The molecular formula is C13H18FNO2. The van der Waals surface area contributed by atoms with Crippen LogP contribution in [0, 0.1) is 5.82 Å². The minimum atomic E-state index is -1.10. The number of benzene rings is 1. The zero-order chi connectivity index (χ0) is 12.8. The van der Waals surface area contributed by atoms with E-state index in [1.54, 1.807) is 11.9 Å². The molecule has 0 aromatic heterocycles. The van der Waals surface area contributed by atoms with Gasteiger partial charge in [0, 0.05) is 13.6 Å². The van der Waals surface area contributed by atoms with Gasteiger partial charge < -0.3 is 10.0 Å². The van der Waals surface area contributed by atoms with Crippen molar-refractivity contribution in [3.63, 3.8) is 0 Å². The van der Waals surface area contributed by atoms with Gasteiger partial charge in [-0.2, -0.15) is 0 Å². The molecule has 0 aliphatic carbocycles. The summed E-state index contributed by atoms with van der Waals surface area (Å²) in [6, 6.07) is 4.14. The standard InChI is InChI=1S/C13H18FNO2/c1-3-4-5-9-15(2)12-10(13(16)17)7-6-8-11(12)14/h6-8H,3-5,9H2,1-2H3,(H,16,17). The van der Waals surface area contributed by atoms with Crippen molar-refractivity contribution in [3.8, 4) is 0 Å². The number of halogens is 1. The van der Waals surface area contributed by atoms with Crippen LogP contribution in [0.25, 0.3) is 0 Å². The second-order valence-corrected chi connectivity index (χ2v) is 4.07. The molecule has 0 aliphatic heterocycles. The first kappa shape index (κ1) is 13.5. The number of carbonyl (C=O) groups is 1. The van der Waals surface area contributed by atoms with Gasteiger partial charge in [-0.3, -0.25) is 0 Å². The van der Waals surface area contributed by atoms with Crippen molar-refractivity contribution in [1.29, 1.82) is 0 Å². The highest BCUT2D eigenvalue weighted by Gasteiger charge is 2.17. The van der Waals surface area contributed by atoms with Crippen LogP contribution in [0.4, 0.5) is 10.1 Å². The number of carboxylic acid groups (broad SMARTS) is 1. The van der Waals surface area contributed by atoms with E-state index in [1.165, 1.54) is 18.2 Å². The summed E-state index contributed by atoms with van der Waals surface area (Å²) >= 11 is 0. The molecule has 0 fully saturated rings. The summed E-state index contributed by atoms with van der Waals surface area (Å²) in [5.41, 5.74) is 0.195. The number of nitrogens with zero attached hydrogens (tertiary/aromatic N) is 1. The Morgan fingerprint density at radius 2 is 2.12 bits per heavy atom. The van der Waals surface area contributed by atoms with E-state index in [4.69, 9.17) is 5.11 Å². The van der Waals surface area contributed by atoms with Crippen LogP contribution in [0.5, 0.6) is 0 Å². The Morgan fingerprint density at radius 3 is 2.71 bits per heavy atom. The van der Waals surface area contributed by atoms with Gasteiger partial charge in [-0.05, 0) is 18.6 Å². The van der Waals surface area contributed by atoms with E-state index in [1.807, 2.05) is 0 Å². The summed E-state index contributed by atoms with van der Waals surface area (Å²) in [6.07, 6.45) is 3.07. The Kier molecular flexibility index (Phi) is 4.94. The van der Waals surface area contributed by atoms with Gasteiger partial charge in [-0.25, -0.2) is 9.18 Å². The van der Waals surface area contributed by atoms with E-state index in [0.717, 1.165) is 19.3 Å². The summed E-state index contributed by atoms with van der Waals surface area (Å²) in [6.45, 7) is 2.75. The largest absolute Gasteiger partial charge is 0.478 e. The molecule has 1 aromatic rings. The quantitative estimate of drug-likeness (QED) is 0.775. The predicted octanol–water partition coefficient (Wildman–Crippen LogP) is 3.15. The van der Waals surface area contributed by atoms with Gasteiger partial charge in [0.05, 0.1) is 11.3 Å². The fraction of sp³-hybridized carbons (Fsp3) is 0.462. The molecule has 3 nitrogen and oxygen atoms in total. The highest BCUT2D eigenvalue weighted by Crippen LogP contribution is 2.23. The third-order valence-electron chi connectivity index (χ3n) is 2.70. The van der Waals surface area contributed by atoms with Gasteiger partial charge in [-0.1, -0.05) is 25.8 Å². The van der Waals surface area contributed by atoms with Crippen molar-refractivity contribution in [2.24, 2.45) is 0 Å². The van der Waals surface area contributed by atoms with Crippen molar-refractivity contribution in [1.82, 2.24) is 0 Å². The molecule has 0 radical (unpaired) electrons. The molecule has 0 atom stereocenters. The molecule has 94 valence electrons. The second kappa shape index (κ2) is 6.23. The van der Waals surface area contributed by atoms with Crippen molar-refractivity contribution < 1.29 is 14.3 Å². The maximum atomic E-state index is 13.7. The summed E-state index contributed by atoms with van der Waals surface area (Å²) in [7, 11) is 1.72. The number of hydrogen-bond acceptors (Lipinski definition) is 2. The Bertz CT molecular complexity index is 393. The highest BCUT2D eigenvalue weighted by molar-refractivity contribution is 5.94. The molecule has 0 saturated carbocycles. The van der Waals surface area contributed by atoms with E-state index in [-0.39, 0.29) is 11.3 Å². The van der Waals surface area contributed by atoms with Crippen LogP contribution in [0.2, 0.25) is 0 Å². The lowest BCUT2D eigenvalue weighted by atomic mass is 10.1. The average molecular weight is 239 g/mol. The maximum Gasteiger partial charge on any atom is 0.337 e. The minimum absolute atomic E-state index is 0.0176. The first-order valence-electron chi connectivity index (χ1n) is 5.80. The Balaban J connectivity index is 2.90. The SMILES string of the molecule is CCCCCN(C)c1c(F)cccc1C(=O)O. The van der Waals surface area contributed by atoms with Gasteiger partial charge in [0.25, 0.3) is 0 Å². The number of hydrogen-bond donors (Lipinski definition) is 1. The Labute approximate surface area is 101 Å². The highest BCUT2D eigenvalue weighted by atomic mass is 19.1. The average Bonchev–Trinajstić information content (AvgIpc) is 2.28. The third-order valence-corrected chi connectivity index (χ3v) is 2.70. The number of anilines is 1. The van der Waals surface area contributed by atoms with Crippen molar-refractivity contribution in [2.45, 2.75) is 26.2 Å². The number of para-hydroxylation sites is 1. The zero-order valence-electron chi connectivity index (χ0n) is 10.2. The van der Waals surface area contributed by atoms with Gasteiger partial charge in [0.15, 0.2) is 0 Å². The molecule has 1 aromatic carbocycles. The summed E-state index contributed by atoms with van der Waals surface area (Å²) in [5.74, 6) is -1.58. The fourth-order valence-electron chi connectivity index (χ4n) is 1.79. The van der Waals surface area contributed by atoms with Crippen LogP contribution in [0.1, 0.15) is 36.5 Å². The molecular weight excluding hydrogens is 221 g/mol. The van der Waals surface area contributed by atoms with Crippen LogP contribution < -0.4 is 4.90 Å². The molecule has 1 N–H and O–H groups in total. The van der Waals surface area contributed by atoms with Crippen molar-refractivity contribution >= 4 is 11.7 Å². The van der Waals surface area contributed by atoms with E-state index >= 15 is 0 Å². The van der Waals surface area contributed by atoms with E-state index in [0.29, 0.717) is 6.54 Å². The summed E-state index contributed by atoms with van der Waals surface area (Å²) < 4.78 is 13.7. The number of rotatable bonds is 6. The normalized spacial score (nSPS) is 10.3. The molecule has 0 heterocycles. The topological polar surface area (TPSA) is 40.5 Å². The third kappa shape index (κ3) is 3.44. The molecule has 0 aliphatic rings. The molecule has 0 amide bonds. The van der Waals surface area contributed by atoms with Gasteiger partial charge in [0.2, 0.25) is 0 Å². The molecule has 17 heavy (non-hydrogen) atoms. The lowest BCUT2D eigenvalue weighted by Crippen LogP contribution is -2.22. The van der Waals surface area contributed by atoms with Crippen molar-refractivity contribution in [2.75, 3.05) is 18.5 Å². The van der Waals surface area contributed by atoms with Crippen molar-refractivity contribution in [3.05, 3.63) is 29.6 Å². The summed E-state index contributed by atoms with van der Waals surface area (Å²) in [5, 5.41) is 9.02. The smallest absolute Gasteiger partial charge is 0.337 e. The number of aromatic carboxylic acids is 1. The van der Waals surface area contributed by atoms with Gasteiger partial charge in [-0.15, -0.1) is 0 Å². The van der Waals surface area contributed by atoms with Crippen LogP contribution in [0.3, 0.4) is 0 Å². The molecule has 1 rings (SSSR count). The first-order chi connectivity index (χ1) is 8.07. The number of unbranched alkanes of at least 4 members (excludes halogenated alkanes) is 2. The molecule has 0 bridgehead atoms. The monoisotopic (exact) mass is 239 g/mol. The number of carboxylic acids is 1. The van der Waals surface area contributed by atoms with E-state index in [9.17, 15) is 9.18 Å². The molecule has 4 heteroatoms. The van der Waals surface area contributed by atoms with Crippen LogP contribution >= 0.6 is 0 Å². The lowest BCUT2D eigenvalue weighted by Gasteiger charge is -2.21. The Hall–Kier alpha value is -1.58. The second-order valence-electron chi connectivity index (χ2n) is 4.07. The van der Waals surface area contributed by atoms with Crippen LogP contribution in [0.15, 0.2) is 18.2 Å². The van der Waals surface area contributed by atoms with E-state index < -0.39 is 11.8 Å². The van der Waals surface area contributed by atoms with Gasteiger partial charge >= 0.3 is 5.97 Å². The molecule has 0 saturated heterocycles. The maximum absolute atomic E-state index is 13.7. The minimum Gasteiger partial charge on any atom is -0.478 e.